The van der Waals surface area contributed by atoms with E-state index in [1.54, 1.807) is 7.11 Å². The van der Waals surface area contributed by atoms with Crippen LogP contribution in [0.3, 0.4) is 0 Å². The van der Waals surface area contributed by atoms with Gasteiger partial charge in [0.15, 0.2) is 0 Å². The minimum Gasteiger partial charge on any atom is -0.480 e. The molecule has 1 fully saturated rings. The molecule has 1 saturated carbocycles. The highest BCUT2D eigenvalue weighted by Gasteiger charge is 2.29. The second-order valence-electron chi connectivity index (χ2n) is 6.06. The van der Waals surface area contributed by atoms with Crippen LogP contribution in [0.5, 0.6) is 5.88 Å². The fraction of sp³-hybridized carbons (Fsp3) is 0.278. The Bertz CT molecular complexity index is 946. The van der Waals surface area contributed by atoms with Crippen LogP contribution in [0.1, 0.15) is 12.8 Å². The molecule has 3 aromatic rings. The zero-order chi connectivity index (χ0) is 17.4. The number of aromatic amines is 1. The zero-order valence-corrected chi connectivity index (χ0v) is 14.1. The SMILES string of the molecule is CNc1ccc(-c2c[nH]c3nc(NC(=O)C4CC4)ccc23)c(OC)n1. The number of rotatable bonds is 5. The number of anilines is 2. The van der Waals surface area contributed by atoms with Crippen molar-refractivity contribution in [1.29, 1.82) is 0 Å². The first-order valence-electron chi connectivity index (χ1n) is 8.21. The number of nitrogens with one attached hydrogen (secondary N) is 3. The fourth-order valence-electron chi connectivity index (χ4n) is 2.81. The number of methoxy groups -OCH3 is 1. The molecule has 1 aliphatic carbocycles. The maximum atomic E-state index is 11.9. The third kappa shape index (κ3) is 2.88. The Labute approximate surface area is 144 Å². The Hall–Kier alpha value is -3.09. The first-order chi connectivity index (χ1) is 12.2. The van der Waals surface area contributed by atoms with Gasteiger partial charge in [-0.1, -0.05) is 0 Å². The summed E-state index contributed by atoms with van der Waals surface area (Å²) in [7, 11) is 3.42. The van der Waals surface area contributed by atoms with Crippen LogP contribution in [-0.2, 0) is 4.79 Å². The summed E-state index contributed by atoms with van der Waals surface area (Å²) >= 11 is 0. The van der Waals surface area contributed by atoms with E-state index in [9.17, 15) is 4.79 Å². The third-order valence-electron chi connectivity index (χ3n) is 4.34. The average Bonchev–Trinajstić information content (AvgIpc) is 3.41. The molecule has 25 heavy (non-hydrogen) atoms. The van der Waals surface area contributed by atoms with Gasteiger partial charge < -0.3 is 20.4 Å². The molecule has 3 N–H and O–H groups in total. The summed E-state index contributed by atoms with van der Waals surface area (Å²) < 4.78 is 5.43. The van der Waals surface area contributed by atoms with Crippen LogP contribution in [0, 0.1) is 5.92 Å². The Kier molecular flexibility index (Phi) is 3.76. The smallest absolute Gasteiger partial charge is 0.228 e. The summed E-state index contributed by atoms with van der Waals surface area (Å²) in [5.41, 5.74) is 2.54. The van der Waals surface area contributed by atoms with Crippen LogP contribution in [-0.4, -0.2) is 35.0 Å². The summed E-state index contributed by atoms with van der Waals surface area (Å²) in [5.74, 6) is 2.04. The average molecular weight is 337 g/mol. The van der Waals surface area contributed by atoms with Crippen LogP contribution in [0.15, 0.2) is 30.5 Å². The van der Waals surface area contributed by atoms with Crippen molar-refractivity contribution in [3.63, 3.8) is 0 Å². The zero-order valence-electron chi connectivity index (χ0n) is 14.1. The molecule has 7 heteroatoms. The van der Waals surface area contributed by atoms with E-state index in [-0.39, 0.29) is 11.8 Å². The van der Waals surface area contributed by atoms with Crippen LogP contribution in [0.2, 0.25) is 0 Å². The van der Waals surface area contributed by atoms with Crippen molar-refractivity contribution in [3.8, 4) is 17.0 Å². The van der Waals surface area contributed by atoms with Gasteiger partial charge in [-0.25, -0.2) is 4.98 Å². The normalized spacial score (nSPS) is 13.7. The van der Waals surface area contributed by atoms with E-state index in [4.69, 9.17) is 4.74 Å². The molecule has 3 heterocycles. The number of carbonyl (C=O) groups is 1. The summed E-state index contributed by atoms with van der Waals surface area (Å²) in [6.07, 6.45) is 3.81. The van der Waals surface area contributed by atoms with Crippen LogP contribution < -0.4 is 15.4 Å². The largest absolute Gasteiger partial charge is 0.480 e. The summed E-state index contributed by atoms with van der Waals surface area (Å²) in [4.78, 5) is 24.0. The lowest BCUT2D eigenvalue weighted by molar-refractivity contribution is -0.117. The van der Waals surface area contributed by atoms with Gasteiger partial charge in [-0.3, -0.25) is 4.79 Å². The van der Waals surface area contributed by atoms with E-state index in [0.29, 0.717) is 17.3 Å². The molecule has 0 aliphatic heterocycles. The molecule has 1 aliphatic rings. The number of nitrogens with zero attached hydrogens (tertiary/aromatic N) is 2. The Balaban J connectivity index is 1.70. The molecular weight excluding hydrogens is 318 g/mol. The molecule has 0 unspecified atom stereocenters. The summed E-state index contributed by atoms with van der Waals surface area (Å²) in [6.45, 7) is 0. The molecule has 128 valence electrons. The highest BCUT2D eigenvalue weighted by atomic mass is 16.5. The molecule has 0 bridgehead atoms. The Morgan fingerprint density at radius 2 is 1.96 bits per heavy atom. The summed E-state index contributed by atoms with van der Waals surface area (Å²) in [5, 5.41) is 6.81. The number of ether oxygens (including phenoxy) is 1. The molecule has 0 atom stereocenters. The minimum absolute atomic E-state index is 0.0483. The summed E-state index contributed by atoms with van der Waals surface area (Å²) in [6, 6.07) is 7.63. The van der Waals surface area contributed by atoms with Gasteiger partial charge in [0.1, 0.15) is 17.3 Å². The van der Waals surface area contributed by atoms with E-state index in [1.165, 1.54) is 0 Å². The molecule has 0 spiro atoms. The van der Waals surface area contributed by atoms with E-state index >= 15 is 0 Å². The van der Waals surface area contributed by atoms with E-state index in [2.05, 4.69) is 25.6 Å². The number of aromatic nitrogens is 3. The van der Waals surface area contributed by atoms with Gasteiger partial charge in [0, 0.05) is 35.7 Å². The van der Waals surface area contributed by atoms with Crippen molar-refractivity contribution in [3.05, 3.63) is 30.5 Å². The lowest BCUT2D eigenvalue weighted by Gasteiger charge is -2.09. The molecule has 1 amide bonds. The van der Waals surface area contributed by atoms with Crippen LogP contribution >= 0.6 is 0 Å². The van der Waals surface area contributed by atoms with Gasteiger partial charge in [-0.05, 0) is 37.1 Å². The molecule has 3 aromatic heterocycles. The Morgan fingerprint density at radius 3 is 2.68 bits per heavy atom. The predicted molar refractivity (Wildman–Crippen MR) is 96.8 cm³/mol. The van der Waals surface area contributed by atoms with Crippen molar-refractivity contribution in [1.82, 2.24) is 15.0 Å². The van der Waals surface area contributed by atoms with Crippen molar-refractivity contribution < 1.29 is 9.53 Å². The number of fused-ring (bicyclic) bond motifs is 1. The second-order valence-corrected chi connectivity index (χ2v) is 6.06. The molecular formula is C18H19N5O2. The lowest BCUT2D eigenvalue weighted by Crippen LogP contribution is -2.14. The first kappa shape index (κ1) is 15.4. The van der Waals surface area contributed by atoms with E-state index in [1.807, 2.05) is 37.5 Å². The van der Waals surface area contributed by atoms with E-state index < -0.39 is 0 Å². The van der Waals surface area contributed by atoms with Gasteiger partial charge in [-0.15, -0.1) is 0 Å². The molecule has 0 aromatic carbocycles. The fourth-order valence-corrected chi connectivity index (χ4v) is 2.81. The number of hydrogen-bond donors (Lipinski definition) is 3. The number of carbonyl (C=O) groups excluding carboxylic acids is 1. The number of H-pyrrole nitrogens is 1. The Morgan fingerprint density at radius 1 is 1.16 bits per heavy atom. The van der Waals surface area contributed by atoms with Gasteiger partial charge in [-0.2, -0.15) is 4.98 Å². The van der Waals surface area contributed by atoms with Crippen LogP contribution in [0.25, 0.3) is 22.2 Å². The molecule has 4 rings (SSSR count). The van der Waals surface area contributed by atoms with Gasteiger partial charge in [0.05, 0.1) is 7.11 Å². The monoisotopic (exact) mass is 337 g/mol. The molecule has 7 nitrogen and oxygen atoms in total. The standard InChI is InChI=1S/C18H19N5O2/c1-19-14-7-6-12(18(23-14)25-2)13-9-20-16-11(13)5-8-15(21-16)22-17(24)10-3-4-10/h5-10H,3-4H2,1-2H3,(H,19,23)(H2,20,21,22,24). The topological polar surface area (TPSA) is 91.9 Å². The molecule has 0 radical (unpaired) electrons. The quantitative estimate of drug-likeness (QED) is 0.665. The maximum Gasteiger partial charge on any atom is 0.228 e. The van der Waals surface area contributed by atoms with E-state index in [0.717, 1.165) is 35.2 Å². The first-order valence-corrected chi connectivity index (χ1v) is 8.21. The number of amides is 1. The third-order valence-corrected chi connectivity index (χ3v) is 4.34. The lowest BCUT2D eigenvalue weighted by atomic mass is 10.1. The van der Waals surface area contributed by atoms with Gasteiger partial charge in [0.2, 0.25) is 11.8 Å². The second kappa shape index (κ2) is 6.08. The minimum atomic E-state index is 0.0483. The van der Waals surface area contributed by atoms with Crippen molar-refractivity contribution in [2.24, 2.45) is 5.92 Å². The van der Waals surface area contributed by atoms with Crippen LogP contribution in [0.4, 0.5) is 11.6 Å². The van der Waals surface area contributed by atoms with Crippen molar-refractivity contribution >= 4 is 28.6 Å². The maximum absolute atomic E-state index is 11.9. The van der Waals surface area contributed by atoms with Gasteiger partial charge in [0.25, 0.3) is 0 Å². The van der Waals surface area contributed by atoms with Crippen molar-refractivity contribution in [2.45, 2.75) is 12.8 Å². The predicted octanol–water partition coefficient (Wildman–Crippen LogP) is 3.02. The van der Waals surface area contributed by atoms with Crippen molar-refractivity contribution in [2.75, 3.05) is 24.8 Å². The highest BCUT2D eigenvalue weighted by Crippen LogP contribution is 2.35. The molecule has 0 saturated heterocycles. The number of hydrogen-bond acceptors (Lipinski definition) is 5. The highest BCUT2D eigenvalue weighted by molar-refractivity contribution is 5.98. The van der Waals surface area contributed by atoms with Gasteiger partial charge >= 0.3 is 0 Å². The number of pyridine rings is 2.